The van der Waals surface area contributed by atoms with Crippen molar-refractivity contribution in [1.82, 2.24) is 4.72 Å². The maximum atomic E-state index is 11.9. The Kier molecular flexibility index (Phi) is 5.34. The van der Waals surface area contributed by atoms with Gasteiger partial charge in [0.1, 0.15) is 0 Å². The third kappa shape index (κ3) is 4.81. The molecule has 0 aliphatic carbocycles. The molecule has 106 valence electrons. The lowest BCUT2D eigenvalue weighted by Gasteiger charge is -2.14. The first-order valence-corrected chi connectivity index (χ1v) is 7.66. The third-order valence-electron chi connectivity index (χ3n) is 2.40. The molecule has 0 bridgehead atoms. The van der Waals surface area contributed by atoms with Crippen LogP contribution in [-0.4, -0.2) is 20.4 Å². The highest BCUT2D eigenvalue weighted by atomic mass is 35.5. The molecule has 5 nitrogen and oxygen atoms in total. The first-order chi connectivity index (χ1) is 8.72. The van der Waals surface area contributed by atoms with E-state index >= 15 is 0 Å². The van der Waals surface area contributed by atoms with E-state index in [2.05, 4.69) is 0 Å². The molecule has 1 amide bonds. The number of rotatable bonds is 5. The van der Waals surface area contributed by atoms with E-state index in [1.807, 2.05) is 18.6 Å². The van der Waals surface area contributed by atoms with Gasteiger partial charge >= 0.3 is 0 Å². The predicted octanol–water partition coefficient (Wildman–Crippen LogP) is 1.52. The number of carbonyl (C=O) groups excluding carboxylic acids is 1. The molecule has 0 radical (unpaired) electrons. The van der Waals surface area contributed by atoms with Gasteiger partial charge in [-0.3, -0.25) is 4.79 Å². The molecule has 1 atom stereocenters. The van der Waals surface area contributed by atoms with Crippen LogP contribution < -0.4 is 10.5 Å². The van der Waals surface area contributed by atoms with Gasteiger partial charge in [0.2, 0.25) is 0 Å². The van der Waals surface area contributed by atoms with E-state index in [1.54, 1.807) is 6.07 Å². The van der Waals surface area contributed by atoms with Gasteiger partial charge in [-0.2, -0.15) is 0 Å². The standard InChI is InChI=1S/C12H17ClN2O3S/c1-8(2)6-11(14)12(16)15-19(17,18)10-5-3-4-9(13)7-10/h3-5,7-8,11H,6,14H2,1-2H3,(H,15,16)/t11-/m0/s1. The molecule has 0 aromatic heterocycles. The maximum absolute atomic E-state index is 11.9. The van der Waals surface area contributed by atoms with E-state index < -0.39 is 22.0 Å². The van der Waals surface area contributed by atoms with Crippen molar-refractivity contribution < 1.29 is 13.2 Å². The summed E-state index contributed by atoms with van der Waals surface area (Å²) in [5.74, 6) is -0.511. The quantitative estimate of drug-likeness (QED) is 0.863. The van der Waals surface area contributed by atoms with Gasteiger partial charge in [0.15, 0.2) is 0 Å². The minimum Gasteiger partial charge on any atom is -0.320 e. The van der Waals surface area contributed by atoms with Gasteiger partial charge in [0.25, 0.3) is 15.9 Å². The highest BCUT2D eigenvalue weighted by molar-refractivity contribution is 7.90. The van der Waals surface area contributed by atoms with Gasteiger partial charge in [0.05, 0.1) is 10.9 Å². The summed E-state index contributed by atoms with van der Waals surface area (Å²) < 4.78 is 25.8. The Morgan fingerprint density at radius 1 is 1.42 bits per heavy atom. The van der Waals surface area contributed by atoms with Gasteiger partial charge in [-0.25, -0.2) is 13.1 Å². The molecular formula is C12H17ClN2O3S. The summed E-state index contributed by atoms with van der Waals surface area (Å²) in [4.78, 5) is 11.6. The normalized spacial score (nSPS) is 13.3. The van der Waals surface area contributed by atoms with Gasteiger partial charge < -0.3 is 5.73 Å². The largest absolute Gasteiger partial charge is 0.320 e. The molecule has 7 heteroatoms. The van der Waals surface area contributed by atoms with E-state index in [9.17, 15) is 13.2 Å². The Morgan fingerprint density at radius 2 is 2.05 bits per heavy atom. The average Bonchev–Trinajstić information content (AvgIpc) is 2.27. The number of sulfonamides is 1. The molecular weight excluding hydrogens is 288 g/mol. The minimum absolute atomic E-state index is 0.0647. The first kappa shape index (κ1) is 15.9. The lowest BCUT2D eigenvalue weighted by atomic mass is 10.0. The van der Waals surface area contributed by atoms with Gasteiger partial charge in [0, 0.05) is 5.02 Å². The molecule has 0 aliphatic rings. The van der Waals surface area contributed by atoms with Crippen LogP contribution in [0.3, 0.4) is 0 Å². The summed E-state index contributed by atoms with van der Waals surface area (Å²) in [6, 6.07) is 4.82. The second-order valence-corrected chi connectivity index (χ2v) is 6.78. The Balaban J connectivity index is 2.83. The van der Waals surface area contributed by atoms with Crippen LogP contribution >= 0.6 is 11.6 Å². The Hall–Kier alpha value is -1.11. The summed E-state index contributed by atoms with van der Waals surface area (Å²) in [7, 11) is -3.93. The van der Waals surface area contributed by atoms with Gasteiger partial charge in [-0.05, 0) is 30.5 Å². The fourth-order valence-electron chi connectivity index (χ4n) is 1.52. The smallest absolute Gasteiger partial charge is 0.264 e. The SMILES string of the molecule is CC(C)C[C@H](N)C(=O)NS(=O)(=O)c1cccc(Cl)c1. The molecule has 0 saturated heterocycles. The van der Waals surface area contributed by atoms with Gasteiger partial charge in [-0.15, -0.1) is 0 Å². The van der Waals surface area contributed by atoms with Crippen molar-refractivity contribution in [2.75, 3.05) is 0 Å². The molecule has 1 aromatic rings. The van der Waals surface area contributed by atoms with Crippen LogP contribution in [0.15, 0.2) is 29.2 Å². The lowest BCUT2D eigenvalue weighted by molar-refractivity contribution is -0.120. The summed E-state index contributed by atoms with van der Waals surface area (Å²) in [5.41, 5.74) is 5.63. The number of benzene rings is 1. The Morgan fingerprint density at radius 3 is 2.58 bits per heavy atom. The molecule has 0 heterocycles. The van der Waals surface area contributed by atoms with Crippen molar-refractivity contribution >= 4 is 27.5 Å². The summed E-state index contributed by atoms with van der Waals surface area (Å²) in [6.45, 7) is 3.80. The molecule has 0 spiro atoms. The van der Waals surface area contributed by atoms with E-state index in [0.717, 1.165) is 0 Å². The molecule has 0 aliphatic heterocycles. The van der Waals surface area contributed by atoms with Crippen molar-refractivity contribution in [3.05, 3.63) is 29.3 Å². The van der Waals surface area contributed by atoms with Crippen LogP contribution in [0.2, 0.25) is 5.02 Å². The van der Waals surface area contributed by atoms with E-state index in [1.165, 1.54) is 18.2 Å². The average molecular weight is 305 g/mol. The number of nitrogens with two attached hydrogens (primary N) is 1. The summed E-state index contributed by atoms with van der Waals surface area (Å²) in [5, 5.41) is 0.279. The van der Waals surface area contributed by atoms with Crippen molar-refractivity contribution in [3.63, 3.8) is 0 Å². The van der Waals surface area contributed by atoms with Gasteiger partial charge in [-0.1, -0.05) is 31.5 Å². The second-order valence-electron chi connectivity index (χ2n) is 4.66. The van der Waals surface area contributed by atoms with Crippen LogP contribution in [0.4, 0.5) is 0 Å². The van der Waals surface area contributed by atoms with Crippen LogP contribution in [-0.2, 0) is 14.8 Å². The van der Waals surface area contributed by atoms with Crippen LogP contribution in [0.5, 0.6) is 0 Å². The summed E-state index contributed by atoms with van der Waals surface area (Å²) >= 11 is 5.72. The van der Waals surface area contributed by atoms with Crippen molar-refractivity contribution in [2.24, 2.45) is 11.7 Å². The minimum atomic E-state index is -3.93. The van der Waals surface area contributed by atoms with Crippen LogP contribution in [0.25, 0.3) is 0 Å². The van der Waals surface area contributed by atoms with Crippen molar-refractivity contribution in [1.29, 1.82) is 0 Å². The number of carbonyl (C=O) groups is 1. The number of halogens is 1. The zero-order valence-electron chi connectivity index (χ0n) is 10.8. The van der Waals surface area contributed by atoms with E-state index in [4.69, 9.17) is 17.3 Å². The monoisotopic (exact) mass is 304 g/mol. The molecule has 3 N–H and O–H groups in total. The summed E-state index contributed by atoms with van der Waals surface area (Å²) in [6.07, 6.45) is 0.414. The molecule has 0 saturated carbocycles. The highest BCUT2D eigenvalue weighted by Gasteiger charge is 2.22. The molecule has 19 heavy (non-hydrogen) atoms. The zero-order valence-corrected chi connectivity index (χ0v) is 12.3. The zero-order chi connectivity index (χ0) is 14.6. The first-order valence-electron chi connectivity index (χ1n) is 5.80. The number of hydrogen-bond acceptors (Lipinski definition) is 4. The topological polar surface area (TPSA) is 89.3 Å². The number of amides is 1. The maximum Gasteiger partial charge on any atom is 0.264 e. The molecule has 1 rings (SSSR count). The van der Waals surface area contributed by atoms with E-state index in [-0.39, 0.29) is 15.8 Å². The molecule has 0 fully saturated rings. The Bertz CT molecular complexity index is 558. The van der Waals surface area contributed by atoms with Crippen molar-refractivity contribution in [2.45, 2.75) is 31.2 Å². The fourth-order valence-corrected chi connectivity index (χ4v) is 2.85. The Labute approximate surface area is 118 Å². The van der Waals surface area contributed by atoms with E-state index in [0.29, 0.717) is 6.42 Å². The lowest BCUT2D eigenvalue weighted by Crippen LogP contribution is -2.43. The molecule has 1 aromatic carbocycles. The number of hydrogen-bond donors (Lipinski definition) is 2. The highest BCUT2D eigenvalue weighted by Crippen LogP contribution is 2.15. The van der Waals surface area contributed by atoms with Crippen LogP contribution in [0, 0.1) is 5.92 Å². The second kappa shape index (κ2) is 6.36. The fraction of sp³-hybridized carbons (Fsp3) is 0.417. The van der Waals surface area contributed by atoms with Crippen molar-refractivity contribution in [3.8, 4) is 0 Å². The van der Waals surface area contributed by atoms with Crippen LogP contribution in [0.1, 0.15) is 20.3 Å². The number of nitrogens with one attached hydrogen (secondary N) is 1. The molecule has 0 unspecified atom stereocenters. The predicted molar refractivity (Wildman–Crippen MR) is 74.2 cm³/mol. The third-order valence-corrected chi connectivity index (χ3v) is 3.98.